The number of carbonyl (C=O) groups is 1. The lowest BCUT2D eigenvalue weighted by molar-refractivity contribution is 0.101. The second-order valence-electron chi connectivity index (χ2n) is 5.45. The lowest BCUT2D eigenvalue weighted by atomic mass is 10.2. The fourth-order valence-electron chi connectivity index (χ4n) is 2.44. The predicted molar refractivity (Wildman–Crippen MR) is 101 cm³/mol. The molecule has 0 aliphatic heterocycles. The summed E-state index contributed by atoms with van der Waals surface area (Å²) >= 11 is 1.24. The van der Waals surface area contributed by atoms with Gasteiger partial charge in [-0.1, -0.05) is 24.4 Å². The van der Waals surface area contributed by atoms with Crippen molar-refractivity contribution in [2.45, 2.75) is 17.0 Å². The second-order valence-corrected chi connectivity index (χ2v) is 6.48. The summed E-state index contributed by atoms with van der Waals surface area (Å²) in [7, 11) is 1.60. The molecule has 0 amide bonds. The highest BCUT2D eigenvalue weighted by Gasteiger charge is 2.13. The molecule has 0 saturated heterocycles. The van der Waals surface area contributed by atoms with Crippen molar-refractivity contribution in [1.29, 1.82) is 0 Å². The van der Waals surface area contributed by atoms with Gasteiger partial charge in [-0.3, -0.25) is 9.59 Å². The Labute approximate surface area is 154 Å². The first-order valence-corrected chi connectivity index (χ1v) is 8.61. The SMILES string of the molecule is C=Cc1cc(-n2cccc2)c(OC)cc1Sc1nc(C(C)=O)cc(=O)[nH]1. The van der Waals surface area contributed by atoms with Crippen molar-refractivity contribution in [1.82, 2.24) is 14.5 Å². The summed E-state index contributed by atoms with van der Waals surface area (Å²) in [5.41, 5.74) is 1.49. The van der Waals surface area contributed by atoms with Crippen molar-refractivity contribution < 1.29 is 9.53 Å². The van der Waals surface area contributed by atoms with Crippen LogP contribution in [0.2, 0.25) is 0 Å². The van der Waals surface area contributed by atoms with Crippen molar-refractivity contribution in [3.63, 3.8) is 0 Å². The minimum atomic E-state index is -0.372. The van der Waals surface area contributed by atoms with Crippen LogP contribution < -0.4 is 10.3 Å². The van der Waals surface area contributed by atoms with Gasteiger partial charge in [0.15, 0.2) is 10.9 Å². The number of hydrogen-bond donors (Lipinski definition) is 1. The Balaban J connectivity index is 2.07. The molecule has 2 heterocycles. The number of carbonyl (C=O) groups excluding carboxylic acids is 1. The third-order valence-electron chi connectivity index (χ3n) is 3.70. The molecule has 0 radical (unpaired) electrons. The molecule has 0 unspecified atom stereocenters. The highest BCUT2D eigenvalue weighted by Crippen LogP contribution is 2.35. The Hall–Kier alpha value is -3.06. The van der Waals surface area contributed by atoms with E-state index in [9.17, 15) is 9.59 Å². The fourth-order valence-corrected chi connectivity index (χ4v) is 3.37. The molecule has 6 nitrogen and oxygen atoms in total. The van der Waals surface area contributed by atoms with Gasteiger partial charge in [-0.2, -0.15) is 0 Å². The topological polar surface area (TPSA) is 77.0 Å². The molecule has 0 atom stereocenters. The quantitative estimate of drug-likeness (QED) is 0.532. The predicted octanol–water partition coefficient (Wildman–Crippen LogP) is 3.57. The van der Waals surface area contributed by atoms with Crippen LogP contribution in [0.15, 0.2) is 64.2 Å². The summed E-state index contributed by atoms with van der Waals surface area (Å²) in [6.07, 6.45) is 5.57. The van der Waals surface area contributed by atoms with Gasteiger partial charge < -0.3 is 14.3 Å². The van der Waals surface area contributed by atoms with E-state index in [1.54, 1.807) is 13.2 Å². The van der Waals surface area contributed by atoms with Crippen LogP contribution in [0.4, 0.5) is 0 Å². The molecule has 0 aliphatic rings. The van der Waals surface area contributed by atoms with Crippen LogP contribution in [-0.2, 0) is 0 Å². The summed E-state index contributed by atoms with van der Waals surface area (Å²) in [6.45, 7) is 5.24. The average Bonchev–Trinajstić information content (AvgIpc) is 3.15. The number of benzene rings is 1. The maximum absolute atomic E-state index is 11.8. The van der Waals surface area contributed by atoms with Crippen molar-refractivity contribution in [2.75, 3.05) is 7.11 Å². The van der Waals surface area contributed by atoms with Gasteiger partial charge in [-0.05, 0) is 29.8 Å². The van der Waals surface area contributed by atoms with Crippen LogP contribution in [0.5, 0.6) is 5.75 Å². The monoisotopic (exact) mass is 367 g/mol. The summed E-state index contributed by atoms with van der Waals surface area (Å²) in [6, 6.07) is 8.85. The standard InChI is InChI=1S/C19H17N3O3S/c1-4-13-9-15(22-7-5-6-8-22)16(25-3)11-17(13)26-19-20-14(12(2)23)10-18(24)21-19/h4-11H,1H2,2-3H3,(H,20,21,24). The third kappa shape index (κ3) is 3.62. The molecule has 132 valence electrons. The minimum Gasteiger partial charge on any atom is -0.495 e. The molecule has 1 aromatic carbocycles. The Morgan fingerprint density at radius 2 is 2.04 bits per heavy atom. The molecule has 3 rings (SSSR count). The summed E-state index contributed by atoms with van der Waals surface area (Å²) in [4.78, 5) is 31.0. The highest BCUT2D eigenvalue weighted by molar-refractivity contribution is 7.99. The Morgan fingerprint density at radius 3 is 2.65 bits per heavy atom. The van der Waals surface area contributed by atoms with Gasteiger partial charge in [0.05, 0.1) is 12.8 Å². The molecule has 7 heteroatoms. The smallest absolute Gasteiger partial charge is 0.252 e. The second kappa shape index (κ2) is 7.45. The molecule has 1 N–H and O–H groups in total. The zero-order chi connectivity index (χ0) is 18.7. The van der Waals surface area contributed by atoms with E-state index in [-0.39, 0.29) is 17.0 Å². The first-order chi connectivity index (χ1) is 12.5. The van der Waals surface area contributed by atoms with E-state index in [4.69, 9.17) is 4.74 Å². The van der Waals surface area contributed by atoms with Gasteiger partial charge >= 0.3 is 0 Å². The largest absolute Gasteiger partial charge is 0.495 e. The van der Waals surface area contributed by atoms with Crippen LogP contribution in [0.25, 0.3) is 11.8 Å². The van der Waals surface area contributed by atoms with E-state index >= 15 is 0 Å². The molecule has 0 spiro atoms. The van der Waals surface area contributed by atoms with Crippen molar-refractivity contribution in [3.8, 4) is 11.4 Å². The minimum absolute atomic E-state index is 0.132. The highest BCUT2D eigenvalue weighted by atomic mass is 32.2. The maximum Gasteiger partial charge on any atom is 0.252 e. The zero-order valence-corrected chi connectivity index (χ0v) is 15.2. The number of nitrogens with one attached hydrogen (secondary N) is 1. The third-order valence-corrected chi connectivity index (χ3v) is 4.66. The van der Waals surface area contributed by atoms with Crippen LogP contribution in [-0.4, -0.2) is 27.4 Å². The fraction of sp³-hybridized carbons (Fsp3) is 0.105. The number of aromatic amines is 1. The number of ketones is 1. The van der Waals surface area contributed by atoms with Crippen molar-refractivity contribution in [3.05, 3.63) is 70.9 Å². The molecule has 0 bridgehead atoms. The van der Waals surface area contributed by atoms with E-state index in [1.807, 2.05) is 41.2 Å². The molecule has 0 fully saturated rings. The molecular weight excluding hydrogens is 350 g/mol. The number of rotatable bonds is 6. The van der Waals surface area contributed by atoms with E-state index < -0.39 is 0 Å². The molecule has 0 saturated carbocycles. The van der Waals surface area contributed by atoms with E-state index in [2.05, 4.69) is 16.5 Å². The molecule has 0 aliphatic carbocycles. The van der Waals surface area contributed by atoms with Crippen LogP contribution in [0.1, 0.15) is 23.0 Å². The van der Waals surface area contributed by atoms with Gasteiger partial charge in [0.1, 0.15) is 11.4 Å². The molecule has 3 aromatic rings. The van der Waals surface area contributed by atoms with Gasteiger partial charge in [0.25, 0.3) is 5.56 Å². The number of methoxy groups -OCH3 is 1. The Bertz CT molecular complexity index is 1020. The van der Waals surface area contributed by atoms with E-state index in [1.165, 1.54) is 24.8 Å². The van der Waals surface area contributed by atoms with Crippen LogP contribution >= 0.6 is 11.8 Å². The molecule has 26 heavy (non-hydrogen) atoms. The van der Waals surface area contributed by atoms with Crippen molar-refractivity contribution >= 4 is 23.6 Å². The van der Waals surface area contributed by atoms with Gasteiger partial charge in [0, 0.05) is 30.3 Å². The summed E-state index contributed by atoms with van der Waals surface area (Å²) in [5, 5.41) is 0.335. The first-order valence-electron chi connectivity index (χ1n) is 7.80. The summed E-state index contributed by atoms with van der Waals surface area (Å²) < 4.78 is 7.46. The zero-order valence-electron chi connectivity index (χ0n) is 14.4. The Kier molecular flexibility index (Phi) is 5.09. The van der Waals surface area contributed by atoms with Crippen LogP contribution in [0, 0.1) is 0 Å². The molecular formula is C19H17N3O3S. The lowest BCUT2D eigenvalue weighted by Crippen LogP contribution is -2.12. The first kappa shape index (κ1) is 17.8. The number of H-pyrrole nitrogens is 1. The number of hydrogen-bond acceptors (Lipinski definition) is 5. The average molecular weight is 367 g/mol. The van der Waals surface area contributed by atoms with E-state index in [0.717, 1.165) is 16.1 Å². The number of Topliss-reactive ketones (excluding diaryl/α,β-unsaturated/α-hetero) is 1. The Morgan fingerprint density at radius 1 is 1.31 bits per heavy atom. The number of nitrogens with zero attached hydrogens (tertiary/aromatic N) is 2. The van der Waals surface area contributed by atoms with E-state index in [0.29, 0.717) is 10.9 Å². The number of aromatic nitrogens is 3. The van der Waals surface area contributed by atoms with Crippen molar-refractivity contribution in [2.24, 2.45) is 0 Å². The van der Waals surface area contributed by atoms with Crippen LogP contribution in [0.3, 0.4) is 0 Å². The molecule has 2 aromatic heterocycles. The lowest BCUT2D eigenvalue weighted by Gasteiger charge is -2.14. The summed E-state index contributed by atoms with van der Waals surface area (Å²) in [5.74, 6) is 0.404. The van der Waals surface area contributed by atoms with Gasteiger partial charge in [0.2, 0.25) is 0 Å². The normalized spacial score (nSPS) is 10.5. The maximum atomic E-state index is 11.8. The number of ether oxygens (including phenoxy) is 1. The van der Waals surface area contributed by atoms with Gasteiger partial charge in [-0.15, -0.1) is 0 Å². The van der Waals surface area contributed by atoms with Gasteiger partial charge in [-0.25, -0.2) is 4.98 Å².